The molecule has 0 spiro atoms. The van der Waals surface area contributed by atoms with E-state index in [2.05, 4.69) is 28.3 Å². The highest BCUT2D eigenvalue weighted by atomic mass is 19.3. The van der Waals surface area contributed by atoms with Crippen LogP contribution in [0.1, 0.15) is 37.5 Å². The van der Waals surface area contributed by atoms with Crippen molar-refractivity contribution in [3.8, 4) is 5.75 Å². The van der Waals surface area contributed by atoms with E-state index in [1.54, 1.807) is 24.3 Å². The van der Waals surface area contributed by atoms with Gasteiger partial charge in [-0.15, -0.1) is 0 Å². The molecule has 0 fully saturated rings. The molecule has 0 bridgehead atoms. The summed E-state index contributed by atoms with van der Waals surface area (Å²) in [5, 5.41) is 3.35. The first-order chi connectivity index (χ1) is 11.8. The van der Waals surface area contributed by atoms with Gasteiger partial charge < -0.3 is 14.8 Å². The molecular formula is C20H25F2NO2. The lowest BCUT2D eigenvalue weighted by Gasteiger charge is -2.19. The van der Waals surface area contributed by atoms with E-state index in [9.17, 15) is 8.78 Å². The Balaban J connectivity index is 1.81. The normalized spacial score (nSPS) is 11.8. The van der Waals surface area contributed by atoms with Gasteiger partial charge in [0.1, 0.15) is 5.75 Å². The summed E-state index contributed by atoms with van der Waals surface area (Å²) in [5.41, 5.74) is 3.17. The van der Waals surface area contributed by atoms with E-state index in [-0.39, 0.29) is 11.4 Å². The summed E-state index contributed by atoms with van der Waals surface area (Å²) >= 11 is 0. The monoisotopic (exact) mass is 349 g/mol. The Kier molecular flexibility index (Phi) is 6.91. The number of halogens is 2. The minimum Gasteiger partial charge on any atom is -0.435 e. The summed E-state index contributed by atoms with van der Waals surface area (Å²) in [6, 6.07) is 14.9. The number of benzene rings is 2. The molecule has 0 atom stereocenters. The molecule has 0 heterocycles. The molecule has 3 nitrogen and oxygen atoms in total. The highest BCUT2D eigenvalue weighted by Gasteiger charge is 2.10. The summed E-state index contributed by atoms with van der Waals surface area (Å²) in [6.45, 7) is 5.28. The van der Waals surface area contributed by atoms with Crippen LogP contribution >= 0.6 is 0 Å². The fourth-order valence-corrected chi connectivity index (χ4v) is 2.27. The molecule has 0 unspecified atom stereocenters. The molecule has 0 saturated carbocycles. The van der Waals surface area contributed by atoms with Gasteiger partial charge in [-0.05, 0) is 49.6 Å². The SMILES string of the molecule is CC(C)(C)OCc1cccc(CNCc2ccc(OC(F)F)cc2)c1. The third kappa shape index (κ3) is 7.63. The fourth-order valence-electron chi connectivity index (χ4n) is 2.27. The van der Waals surface area contributed by atoms with Gasteiger partial charge >= 0.3 is 6.61 Å². The van der Waals surface area contributed by atoms with Crippen molar-refractivity contribution in [3.05, 3.63) is 65.2 Å². The molecule has 0 aliphatic rings. The number of hydrogen-bond acceptors (Lipinski definition) is 3. The molecule has 5 heteroatoms. The van der Waals surface area contributed by atoms with Crippen molar-refractivity contribution in [1.82, 2.24) is 5.32 Å². The number of hydrogen-bond donors (Lipinski definition) is 1. The van der Waals surface area contributed by atoms with Crippen LogP contribution in [-0.4, -0.2) is 12.2 Å². The van der Waals surface area contributed by atoms with Gasteiger partial charge in [0.25, 0.3) is 0 Å². The Morgan fingerprint density at radius 3 is 2.20 bits per heavy atom. The van der Waals surface area contributed by atoms with Gasteiger partial charge in [0.05, 0.1) is 12.2 Å². The summed E-state index contributed by atoms with van der Waals surface area (Å²) in [5.74, 6) is 0.172. The second kappa shape index (κ2) is 8.92. The van der Waals surface area contributed by atoms with Crippen LogP contribution in [0.3, 0.4) is 0 Å². The average molecular weight is 349 g/mol. The predicted octanol–water partition coefficient (Wildman–Crippen LogP) is 4.89. The second-order valence-corrected chi connectivity index (χ2v) is 6.85. The van der Waals surface area contributed by atoms with E-state index in [0.717, 1.165) is 17.7 Å². The third-order valence-electron chi connectivity index (χ3n) is 3.47. The standard InChI is InChI=1S/C20H25F2NO2/c1-20(2,3)24-14-17-6-4-5-16(11-17)13-23-12-15-7-9-18(10-8-15)25-19(21)22/h4-11,19,23H,12-14H2,1-3H3. The van der Waals surface area contributed by atoms with Crippen molar-refractivity contribution in [1.29, 1.82) is 0 Å². The molecule has 0 aliphatic carbocycles. The Morgan fingerprint density at radius 1 is 0.920 bits per heavy atom. The van der Waals surface area contributed by atoms with Gasteiger partial charge in [0.2, 0.25) is 0 Å². The van der Waals surface area contributed by atoms with E-state index in [1.165, 1.54) is 5.56 Å². The van der Waals surface area contributed by atoms with Crippen LogP contribution in [0.5, 0.6) is 5.75 Å². The number of nitrogens with one attached hydrogen (secondary N) is 1. The first-order valence-electron chi connectivity index (χ1n) is 8.28. The van der Waals surface area contributed by atoms with Crippen LogP contribution in [0, 0.1) is 0 Å². The molecule has 0 saturated heterocycles. The molecule has 136 valence electrons. The Morgan fingerprint density at radius 2 is 1.56 bits per heavy atom. The first kappa shape index (κ1) is 19.3. The number of rotatable bonds is 8. The topological polar surface area (TPSA) is 30.5 Å². The van der Waals surface area contributed by atoms with E-state index >= 15 is 0 Å². The maximum atomic E-state index is 12.1. The maximum Gasteiger partial charge on any atom is 0.387 e. The van der Waals surface area contributed by atoms with Crippen LogP contribution < -0.4 is 10.1 Å². The van der Waals surface area contributed by atoms with Crippen molar-refractivity contribution in [2.45, 2.75) is 52.7 Å². The quantitative estimate of drug-likeness (QED) is 0.736. The second-order valence-electron chi connectivity index (χ2n) is 6.85. The van der Waals surface area contributed by atoms with Gasteiger partial charge in [0, 0.05) is 13.1 Å². The van der Waals surface area contributed by atoms with Crippen molar-refractivity contribution in [2.75, 3.05) is 0 Å². The van der Waals surface area contributed by atoms with Crippen LogP contribution in [0.2, 0.25) is 0 Å². The first-order valence-corrected chi connectivity index (χ1v) is 8.28. The van der Waals surface area contributed by atoms with Crippen molar-refractivity contribution < 1.29 is 18.3 Å². The van der Waals surface area contributed by atoms with E-state index in [0.29, 0.717) is 13.2 Å². The van der Waals surface area contributed by atoms with E-state index in [1.807, 2.05) is 26.8 Å². The van der Waals surface area contributed by atoms with Crippen LogP contribution in [0.25, 0.3) is 0 Å². The third-order valence-corrected chi connectivity index (χ3v) is 3.47. The van der Waals surface area contributed by atoms with Gasteiger partial charge in [-0.1, -0.05) is 36.4 Å². The van der Waals surface area contributed by atoms with Crippen molar-refractivity contribution >= 4 is 0 Å². The minimum atomic E-state index is -2.79. The van der Waals surface area contributed by atoms with Crippen LogP contribution in [-0.2, 0) is 24.4 Å². The molecular weight excluding hydrogens is 324 g/mol. The van der Waals surface area contributed by atoms with Gasteiger partial charge in [-0.25, -0.2) is 0 Å². The van der Waals surface area contributed by atoms with Crippen LogP contribution in [0.4, 0.5) is 8.78 Å². The van der Waals surface area contributed by atoms with Gasteiger partial charge in [0.15, 0.2) is 0 Å². The van der Waals surface area contributed by atoms with Gasteiger partial charge in [-0.3, -0.25) is 0 Å². The summed E-state index contributed by atoms with van der Waals surface area (Å²) in [6.07, 6.45) is 0. The lowest BCUT2D eigenvalue weighted by atomic mass is 10.1. The molecule has 2 rings (SSSR count). The molecule has 0 aliphatic heterocycles. The van der Waals surface area contributed by atoms with E-state index < -0.39 is 6.61 Å². The smallest absolute Gasteiger partial charge is 0.387 e. The highest BCUT2D eigenvalue weighted by Crippen LogP contribution is 2.15. The zero-order valence-electron chi connectivity index (χ0n) is 14.9. The molecule has 25 heavy (non-hydrogen) atoms. The molecule has 1 N–H and O–H groups in total. The Labute approximate surface area is 148 Å². The molecule has 0 amide bonds. The van der Waals surface area contributed by atoms with Crippen molar-refractivity contribution in [2.24, 2.45) is 0 Å². The Bertz CT molecular complexity index is 651. The summed E-state index contributed by atoms with van der Waals surface area (Å²) < 4.78 is 34.4. The largest absolute Gasteiger partial charge is 0.435 e. The number of alkyl halides is 2. The molecule has 2 aromatic carbocycles. The molecule has 0 radical (unpaired) electrons. The zero-order valence-corrected chi connectivity index (χ0v) is 14.9. The maximum absolute atomic E-state index is 12.1. The van der Waals surface area contributed by atoms with Gasteiger partial charge in [-0.2, -0.15) is 8.78 Å². The summed E-state index contributed by atoms with van der Waals surface area (Å²) in [7, 11) is 0. The predicted molar refractivity (Wildman–Crippen MR) is 94.6 cm³/mol. The molecule has 0 aromatic heterocycles. The minimum absolute atomic E-state index is 0.158. The van der Waals surface area contributed by atoms with Crippen molar-refractivity contribution in [3.63, 3.8) is 0 Å². The Hall–Kier alpha value is -1.98. The van der Waals surface area contributed by atoms with Crippen LogP contribution in [0.15, 0.2) is 48.5 Å². The lowest BCUT2D eigenvalue weighted by molar-refractivity contribution is -0.0498. The van der Waals surface area contributed by atoms with E-state index in [4.69, 9.17) is 4.74 Å². The number of ether oxygens (including phenoxy) is 2. The fraction of sp³-hybridized carbons (Fsp3) is 0.400. The lowest BCUT2D eigenvalue weighted by Crippen LogP contribution is -2.18. The average Bonchev–Trinajstić information content (AvgIpc) is 2.54. The summed E-state index contributed by atoms with van der Waals surface area (Å²) in [4.78, 5) is 0. The highest BCUT2D eigenvalue weighted by molar-refractivity contribution is 5.27. The molecule has 2 aromatic rings. The zero-order chi connectivity index (χ0) is 18.3.